The summed E-state index contributed by atoms with van der Waals surface area (Å²) in [4.78, 5) is 24.0. The Balaban J connectivity index is 3.04. The molecule has 1 amide bonds. The predicted molar refractivity (Wildman–Crippen MR) is 74.6 cm³/mol. The molecule has 1 rings (SSSR count). The van der Waals surface area contributed by atoms with E-state index in [0.29, 0.717) is 6.54 Å². The lowest BCUT2D eigenvalue weighted by atomic mass is 10.1. The van der Waals surface area contributed by atoms with Gasteiger partial charge in [-0.05, 0) is 20.3 Å². The Hall–Kier alpha value is -1.89. The first-order valence-corrected chi connectivity index (χ1v) is 6.48. The molecule has 0 fully saturated rings. The van der Waals surface area contributed by atoms with Crippen LogP contribution in [0.2, 0.25) is 0 Å². The lowest BCUT2D eigenvalue weighted by Crippen LogP contribution is -2.40. The Kier molecular flexibility index (Phi) is 4.88. The molecule has 0 saturated carbocycles. The summed E-state index contributed by atoms with van der Waals surface area (Å²) in [5.74, 6) is -0.339. The number of nitrogens with zero attached hydrogens (tertiary/aromatic N) is 3. The van der Waals surface area contributed by atoms with E-state index >= 15 is 0 Å². The van der Waals surface area contributed by atoms with Crippen molar-refractivity contribution in [1.82, 2.24) is 9.47 Å². The number of likely N-dealkylation sites (N-methyl/N-ethyl adjacent to an activating group) is 1. The zero-order valence-electron chi connectivity index (χ0n) is 12.3. The van der Waals surface area contributed by atoms with Crippen LogP contribution in [-0.2, 0) is 6.54 Å². The number of rotatable bonds is 6. The van der Waals surface area contributed by atoms with Gasteiger partial charge >= 0.3 is 0 Å². The van der Waals surface area contributed by atoms with E-state index in [9.17, 15) is 20.0 Å². The van der Waals surface area contributed by atoms with Crippen LogP contribution in [0.15, 0.2) is 12.3 Å². The summed E-state index contributed by atoms with van der Waals surface area (Å²) in [6.45, 7) is 5.82. The fraction of sp³-hybridized carbons (Fsp3) is 0.615. The normalized spacial score (nSPS) is 11.4. The van der Waals surface area contributed by atoms with Gasteiger partial charge in [-0.3, -0.25) is 14.9 Å². The van der Waals surface area contributed by atoms with Gasteiger partial charge in [0.2, 0.25) is 0 Å². The first-order chi connectivity index (χ1) is 9.15. The quantitative estimate of drug-likeness (QED) is 0.635. The average molecular weight is 283 g/mol. The van der Waals surface area contributed by atoms with Crippen molar-refractivity contribution in [2.75, 3.05) is 13.6 Å². The van der Waals surface area contributed by atoms with E-state index in [1.807, 2.05) is 6.92 Å². The number of aromatic nitrogens is 1. The van der Waals surface area contributed by atoms with E-state index in [2.05, 4.69) is 0 Å². The van der Waals surface area contributed by atoms with Gasteiger partial charge in [0.15, 0.2) is 0 Å². The molecule has 0 aromatic carbocycles. The summed E-state index contributed by atoms with van der Waals surface area (Å²) in [5, 5.41) is 20.6. The minimum absolute atomic E-state index is 0.0986. The maximum absolute atomic E-state index is 12.3. The van der Waals surface area contributed by atoms with Crippen LogP contribution >= 0.6 is 0 Å². The smallest absolute Gasteiger partial charge is 0.287 e. The van der Waals surface area contributed by atoms with Gasteiger partial charge in [0.1, 0.15) is 5.69 Å². The van der Waals surface area contributed by atoms with Crippen molar-refractivity contribution in [3.8, 4) is 0 Å². The molecule has 0 saturated heterocycles. The fourth-order valence-corrected chi connectivity index (χ4v) is 2.05. The second-order valence-corrected chi connectivity index (χ2v) is 5.51. The van der Waals surface area contributed by atoms with Crippen LogP contribution < -0.4 is 0 Å². The molecule has 1 aromatic heterocycles. The first-order valence-electron chi connectivity index (χ1n) is 6.48. The van der Waals surface area contributed by atoms with Gasteiger partial charge in [-0.25, -0.2) is 0 Å². The molecule has 20 heavy (non-hydrogen) atoms. The molecule has 0 aliphatic carbocycles. The molecule has 0 aliphatic heterocycles. The van der Waals surface area contributed by atoms with Gasteiger partial charge in [0.25, 0.3) is 11.6 Å². The number of aliphatic hydroxyl groups is 1. The van der Waals surface area contributed by atoms with Crippen LogP contribution in [0, 0.1) is 10.1 Å². The fourth-order valence-electron chi connectivity index (χ4n) is 2.05. The van der Waals surface area contributed by atoms with Gasteiger partial charge < -0.3 is 14.6 Å². The number of hydrogen-bond acceptors (Lipinski definition) is 4. The first kappa shape index (κ1) is 16.2. The Bertz CT molecular complexity index is 502. The van der Waals surface area contributed by atoms with Gasteiger partial charge in [0.05, 0.1) is 16.7 Å². The van der Waals surface area contributed by atoms with Crippen molar-refractivity contribution >= 4 is 11.6 Å². The zero-order valence-corrected chi connectivity index (χ0v) is 12.3. The monoisotopic (exact) mass is 283 g/mol. The minimum Gasteiger partial charge on any atom is -0.389 e. The van der Waals surface area contributed by atoms with Crippen LogP contribution in [0.5, 0.6) is 0 Å². The molecular weight excluding hydrogens is 262 g/mol. The summed E-state index contributed by atoms with van der Waals surface area (Å²) in [6.07, 6.45) is 2.13. The van der Waals surface area contributed by atoms with E-state index < -0.39 is 10.5 Å². The molecular formula is C13H21N3O4. The van der Waals surface area contributed by atoms with Crippen LogP contribution in [0.25, 0.3) is 0 Å². The minimum atomic E-state index is -1.02. The summed E-state index contributed by atoms with van der Waals surface area (Å²) in [5.41, 5.74) is -0.845. The highest BCUT2D eigenvalue weighted by Gasteiger charge is 2.25. The van der Waals surface area contributed by atoms with Crippen LogP contribution in [0.1, 0.15) is 37.7 Å². The molecule has 0 radical (unpaired) electrons. The SMILES string of the molecule is CCCn1cc([N+](=O)[O-])cc1C(=O)N(C)CC(C)(C)O. The van der Waals surface area contributed by atoms with Gasteiger partial charge in [-0.15, -0.1) is 0 Å². The molecule has 0 bridgehead atoms. The summed E-state index contributed by atoms with van der Waals surface area (Å²) < 4.78 is 1.58. The Labute approximate surface area is 118 Å². The largest absolute Gasteiger partial charge is 0.389 e. The van der Waals surface area contributed by atoms with Gasteiger partial charge in [-0.2, -0.15) is 0 Å². The van der Waals surface area contributed by atoms with Crippen LogP contribution in [0.4, 0.5) is 5.69 Å². The molecule has 0 spiro atoms. The average Bonchev–Trinajstić information content (AvgIpc) is 2.70. The Morgan fingerprint density at radius 2 is 2.15 bits per heavy atom. The standard InChI is InChI=1S/C13H21N3O4/c1-5-6-15-8-10(16(19)20)7-11(15)12(17)14(4)9-13(2,3)18/h7-8,18H,5-6,9H2,1-4H3. The molecule has 1 heterocycles. The highest BCUT2D eigenvalue weighted by atomic mass is 16.6. The van der Waals surface area contributed by atoms with Crippen molar-refractivity contribution in [2.24, 2.45) is 0 Å². The molecule has 112 valence electrons. The van der Waals surface area contributed by atoms with Crippen molar-refractivity contribution in [2.45, 2.75) is 39.3 Å². The molecule has 0 aliphatic rings. The summed E-state index contributed by atoms with van der Waals surface area (Å²) in [6, 6.07) is 1.28. The number of nitro groups is 1. The summed E-state index contributed by atoms with van der Waals surface area (Å²) >= 11 is 0. The second kappa shape index (κ2) is 6.04. The molecule has 0 atom stereocenters. The molecule has 0 unspecified atom stereocenters. The third-order valence-electron chi connectivity index (χ3n) is 2.75. The Morgan fingerprint density at radius 1 is 1.55 bits per heavy atom. The molecule has 7 heteroatoms. The number of aryl methyl sites for hydroxylation is 1. The van der Waals surface area contributed by atoms with Crippen molar-refractivity contribution in [3.05, 3.63) is 28.1 Å². The lowest BCUT2D eigenvalue weighted by molar-refractivity contribution is -0.384. The van der Waals surface area contributed by atoms with Crippen LogP contribution in [0.3, 0.4) is 0 Å². The molecule has 1 aromatic rings. The topological polar surface area (TPSA) is 88.6 Å². The molecule has 1 N–H and O–H groups in total. The van der Waals surface area contributed by atoms with Crippen molar-refractivity contribution < 1.29 is 14.8 Å². The van der Waals surface area contributed by atoms with Crippen molar-refractivity contribution in [1.29, 1.82) is 0 Å². The van der Waals surface area contributed by atoms with E-state index in [4.69, 9.17) is 0 Å². The van der Waals surface area contributed by atoms with E-state index in [0.717, 1.165) is 6.42 Å². The third kappa shape index (κ3) is 4.06. The number of hydrogen-bond donors (Lipinski definition) is 1. The maximum Gasteiger partial charge on any atom is 0.287 e. The van der Waals surface area contributed by atoms with Crippen molar-refractivity contribution in [3.63, 3.8) is 0 Å². The number of amides is 1. The highest BCUT2D eigenvalue weighted by Crippen LogP contribution is 2.19. The lowest BCUT2D eigenvalue weighted by Gasteiger charge is -2.25. The van der Waals surface area contributed by atoms with Crippen LogP contribution in [-0.4, -0.2) is 44.6 Å². The summed E-state index contributed by atoms with van der Waals surface area (Å²) in [7, 11) is 1.56. The highest BCUT2D eigenvalue weighted by molar-refractivity contribution is 5.93. The number of carbonyl (C=O) groups is 1. The van der Waals surface area contributed by atoms with E-state index in [1.54, 1.807) is 25.5 Å². The predicted octanol–water partition coefficient (Wildman–Crippen LogP) is 1.65. The number of carbonyl (C=O) groups excluding carboxylic acids is 1. The molecule has 7 nitrogen and oxygen atoms in total. The second-order valence-electron chi connectivity index (χ2n) is 5.51. The Morgan fingerprint density at radius 3 is 2.60 bits per heavy atom. The third-order valence-corrected chi connectivity index (χ3v) is 2.75. The van der Waals surface area contributed by atoms with Gasteiger partial charge in [0, 0.05) is 26.2 Å². The zero-order chi connectivity index (χ0) is 15.5. The maximum atomic E-state index is 12.3. The van der Waals surface area contributed by atoms with E-state index in [1.165, 1.54) is 17.2 Å². The van der Waals surface area contributed by atoms with Gasteiger partial charge in [-0.1, -0.05) is 6.92 Å². The van der Waals surface area contributed by atoms with E-state index in [-0.39, 0.29) is 23.8 Å².